The number of nitrogens with zero attached hydrogens (tertiary/aromatic N) is 3. The Morgan fingerprint density at radius 1 is 0.912 bits per heavy atom. The summed E-state index contributed by atoms with van der Waals surface area (Å²) in [7, 11) is 3.23. The van der Waals surface area contributed by atoms with Gasteiger partial charge in [-0.2, -0.15) is 0 Å². The molecule has 34 heavy (non-hydrogen) atoms. The fourth-order valence-corrected chi connectivity index (χ4v) is 5.10. The highest BCUT2D eigenvalue weighted by Crippen LogP contribution is 2.40. The number of rotatable bonds is 7. The molecule has 0 spiro atoms. The molecular formula is C27H23N3O3S. The molecule has 2 aromatic heterocycles. The summed E-state index contributed by atoms with van der Waals surface area (Å²) < 4.78 is 11.9. The van der Waals surface area contributed by atoms with Crippen LogP contribution in [0.5, 0.6) is 11.5 Å². The van der Waals surface area contributed by atoms with Crippen molar-refractivity contribution in [2.24, 2.45) is 0 Å². The lowest BCUT2D eigenvalue weighted by Crippen LogP contribution is -2.32. The van der Waals surface area contributed by atoms with Crippen molar-refractivity contribution < 1.29 is 14.3 Å². The summed E-state index contributed by atoms with van der Waals surface area (Å²) in [5.74, 6) is 1.27. The van der Waals surface area contributed by atoms with Crippen LogP contribution in [0.15, 0.2) is 79.0 Å². The number of carbonyl (C=O) groups is 1. The summed E-state index contributed by atoms with van der Waals surface area (Å²) in [6.07, 6.45) is 1.98. The molecule has 1 amide bonds. The molecule has 0 N–H and O–H groups in total. The van der Waals surface area contributed by atoms with Gasteiger partial charge in [0.1, 0.15) is 21.7 Å². The summed E-state index contributed by atoms with van der Waals surface area (Å²) >= 11 is 1.41. The van der Waals surface area contributed by atoms with Crippen molar-refractivity contribution in [3.63, 3.8) is 0 Å². The fourth-order valence-electron chi connectivity index (χ4n) is 4.01. The molecular weight excluding hydrogens is 446 g/mol. The quantitative estimate of drug-likeness (QED) is 0.309. The van der Waals surface area contributed by atoms with Gasteiger partial charge in [0.2, 0.25) is 5.91 Å². The Morgan fingerprint density at radius 2 is 1.68 bits per heavy atom. The van der Waals surface area contributed by atoms with E-state index in [1.165, 1.54) is 11.3 Å². The second-order valence-corrected chi connectivity index (χ2v) is 8.74. The highest BCUT2D eigenvalue weighted by Gasteiger charge is 2.24. The number of amides is 1. The third-order valence-electron chi connectivity index (χ3n) is 5.70. The molecule has 0 unspecified atom stereocenters. The predicted octanol–water partition coefficient (Wildman–Crippen LogP) is 5.64. The van der Waals surface area contributed by atoms with Crippen LogP contribution in [0, 0.1) is 0 Å². The van der Waals surface area contributed by atoms with Gasteiger partial charge in [0, 0.05) is 6.20 Å². The molecule has 5 rings (SSSR count). The molecule has 0 saturated carbocycles. The largest absolute Gasteiger partial charge is 0.495 e. The first kappa shape index (κ1) is 21.9. The van der Waals surface area contributed by atoms with Gasteiger partial charge < -0.3 is 9.47 Å². The Bertz CT molecular complexity index is 1420. The fraction of sp³-hybridized carbons (Fsp3) is 0.148. The number of hydrogen-bond donors (Lipinski definition) is 0. The van der Waals surface area contributed by atoms with Crippen molar-refractivity contribution in [1.82, 2.24) is 9.97 Å². The maximum atomic E-state index is 13.7. The van der Waals surface area contributed by atoms with E-state index >= 15 is 0 Å². The Morgan fingerprint density at radius 3 is 2.47 bits per heavy atom. The van der Waals surface area contributed by atoms with Crippen molar-refractivity contribution in [1.29, 1.82) is 0 Å². The second-order valence-electron chi connectivity index (χ2n) is 7.76. The molecule has 5 aromatic rings. The second kappa shape index (κ2) is 9.49. The first-order valence-corrected chi connectivity index (χ1v) is 11.7. The van der Waals surface area contributed by atoms with Gasteiger partial charge in [-0.3, -0.25) is 14.7 Å². The summed E-state index contributed by atoms with van der Waals surface area (Å²) in [4.78, 5) is 24.7. The number of fused-ring (bicyclic) bond motifs is 2. The standard InChI is InChI=1S/C27H23N3O3S/c1-32-22-13-14-23(33-2)26-25(22)29-27(34-26)30(17-20-11-5-6-15-28-20)24(31)16-19-10-7-9-18-8-3-4-12-21(18)19/h3-15H,16-17H2,1-2H3. The summed E-state index contributed by atoms with van der Waals surface area (Å²) in [6, 6.07) is 23.5. The Labute approximate surface area is 201 Å². The highest BCUT2D eigenvalue weighted by atomic mass is 32.1. The predicted molar refractivity (Wildman–Crippen MR) is 136 cm³/mol. The lowest BCUT2D eigenvalue weighted by atomic mass is 10.0. The van der Waals surface area contributed by atoms with Crippen LogP contribution in [-0.4, -0.2) is 30.1 Å². The van der Waals surface area contributed by atoms with Crippen molar-refractivity contribution >= 4 is 43.4 Å². The van der Waals surface area contributed by atoms with Gasteiger partial charge in [-0.1, -0.05) is 59.9 Å². The zero-order valence-corrected chi connectivity index (χ0v) is 19.7. The molecule has 0 radical (unpaired) electrons. The smallest absolute Gasteiger partial charge is 0.233 e. The Balaban J connectivity index is 1.57. The molecule has 6 nitrogen and oxygen atoms in total. The van der Waals surface area contributed by atoms with E-state index in [0.29, 0.717) is 28.7 Å². The first-order valence-electron chi connectivity index (χ1n) is 10.9. The van der Waals surface area contributed by atoms with E-state index in [-0.39, 0.29) is 12.3 Å². The van der Waals surface area contributed by atoms with E-state index < -0.39 is 0 Å². The van der Waals surface area contributed by atoms with E-state index in [1.807, 2.05) is 54.6 Å². The normalized spacial score (nSPS) is 11.0. The molecule has 0 fully saturated rings. The maximum absolute atomic E-state index is 13.7. The topological polar surface area (TPSA) is 64.6 Å². The zero-order chi connectivity index (χ0) is 23.5. The SMILES string of the molecule is COc1ccc(OC)c2sc(N(Cc3ccccn3)C(=O)Cc3cccc4ccccc34)nc12. The van der Waals surface area contributed by atoms with E-state index in [1.54, 1.807) is 25.3 Å². The van der Waals surface area contributed by atoms with Crippen LogP contribution in [0.1, 0.15) is 11.3 Å². The molecule has 170 valence electrons. The Kier molecular flexibility index (Phi) is 6.10. The van der Waals surface area contributed by atoms with Crippen LogP contribution in [0.25, 0.3) is 21.0 Å². The first-order chi connectivity index (χ1) is 16.7. The average Bonchev–Trinajstić information content (AvgIpc) is 3.32. The number of aromatic nitrogens is 2. The van der Waals surface area contributed by atoms with Crippen LogP contribution in [0.3, 0.4) is 0 Å². The van der Waals surface area contributed by atoms with E-state index in [2.05, 4.69) is 23.2 Å². The van der Waals surface area contributed by atoms with Gasteiger partial charge in [0.15, 0.2) is 5.13 Å². The molecule has 0 aliphatic rings. The molecule has 0 saturated heterocycles. The highest BCUT2D eigenvalue weighted by molar-refractivity contribution is 7.22. The van der Waals surface area contributed by atoms with E-state index in [4.69, 9.17) is 14.5 Å². The van der Waals surface area contributed by atoms with Gasteiger partial charge in [-0.15, -0.1) is 0 Å². The van der Waals surface area contributed by atoms with Crippen LogP contribution in [-0.2, 0) is 17.8 Å². The van der Waals surface area contributed by atoms with Gasteiger partial charge in [0.25, 0.3) is 0 Å². The summed E-state index contributed by atoms with van der Waals surface area (Å²) in [5, 5.41) is 2.76. The van der Waals surface area contributed by atoms with Crippen LogP contribution < -0.4 is 14.4 Å². The number of ether oxygens (including phenoxy) is 2. The summed E-state index contributed by atoms with van der Waals surface area (Å²) in [6.45, 7) is 0.314. The van der Waals surface area contributed by atoms with Crippen molar-refractivity contribution in [3.05, 3.63) is 90.3 Å². The van der Waals surface area contributed by atoms with Crippen LogP contribution >= 0.6 is 11.3 Å². The van der Waals surface area contributed by atoms with Gasteiger partial charge in [-0.05, 0) is 40.6 Å². The average molecular weight is 470 g/mol. The van der Waals surface area contributed by atoms with E-state index in [9.17, 15) is 4.79 Å². The van der Waals surface area contributed by atoms with Crippen molar-refractivity contribution in [3.8, 4) is 11.5 Å². The molecule has 3 aromatic carbocycles. The molecule has 0 bridgehead atoms. The zero-order valence-electron chi connectivity index (χ0n) is 18.9. The molecule has 7 heteroatoms. The molecule has 0 aliphatic carbocycles. The number of carbonyl (C=O) groups excluding carboxylic acids is 1. The molecule has 0 aliphatic heterocycles. The number of methoxy groups -OCH3 is 2. The van der Waals surface area contributed by atoms with Crippen molar-refractivity contribution in [2.75, 3.05) is 19.1 Å². The number of anilines is 1. The van der Waals surface area contributed by atoms with Crippen LogP contribution in [0.2, 0.25) is 0 Å². The van der Waals surface area contributed by atoms with Crippen LogP contribution in [0.4, 0.5) is 5.13 Å². The maximum Gasteiger partial charge on any atom is 0.233 e. The van der Waals surface area contributed by atoms with Gasteiger partial charge in [-0.25, -0.2) is 4.98 Å². The number of hydrogen-bond acceptors (Lipinski definition) is 6. The lowest BCUT2D eigenvalue weighted by molar-refractivity contribution is -0.118. The minimum atomic E-state index is -0.0565. The third kappa shape index (κ3) is 4.18. The third-order valence-corrected chi connectivity index (χ3v) is 6.79. The Hall–Kier alpha value is -3.97. The van der Waals surface area contributed by atoms with Gasteiger partial charge >= 0.3 is 0 Å². The number of pyridine rings is 1. The minimum absolute atomic E-state index is 0.0565. The number of thiazole rings is 1. The lowest BCUT2D eigenvalue weighted by Gasteiger charge is -2.20. The van der Waals surface area contributed by atoms with E-state index in [0.717, 1.165) is 26.7 Å². The molecule has 2 heterocycles. The monoisotopic (exact) mass is 469 g/mol. The van der Waals surface area contributed by atoms with Crippen molar-refractivity contribution in [2.45, 2.75) is 13.0 Å². The molecule has 0 atom stereocenters. The summed E-state index contributed by atoms with van der Waals surface area (Å²) in [5.41, 5.74) is 2.43. The van der Waals surface area contributed by atoms with Gasteiger partial charge in [0.05, 0.1) is 32.9 Å². The minimum Gasteiger partial charge on any atom is -0.495 e. The number of benzene rings is 3.